The molecular formula is C21H25FN4O3. The van der Waals surface area contributed by atoms with Gasteiger partial charge in [0.15, 0.2) is 0 Å². The largest absolute Gasteiger partial charge is 0.468 e. The minimum Gasteiger partial charge on any atom is -0.468 e. The van der Waals surface area contributed by atoms with E-state index in [9.17, 15) is 14.0 Å². The highest BCUT2D eigenvalue weighted by atomic mass is 19.1. The number of benzene rings is 1. The zero-order valence-corrected chi connectivity index (χ0v) is 16.1. The number of piperazine rings is 1. The Balaban J connectivity index is 1.60. The molecule has 0 bridgehead atoms. The fraction of sp³-hybridized carbons (Fsp3) is 0.333. The number of hydrogen-bond donors (Lipinski definition) is 2. The van der Waals surface area contributed by atoms with Gasteiger partial charge in [0.1, 0.15) is 11.6 Å². The molecule has 1 aromatic carbocycles. The molecule has 1 atom stereocenters. The molecule has 7 nitrogen and oxygen atoms in total. The van der Waals surface area contributed by atoms with E-state index in [0.717, 1.165) is 37.6 Å². The van der Waals surface area contributed by atoms with Crippen molar-refractivity contribution in [2.45, 2.75) is 6.04 Å². The molecule has 1 aliphatic rings. The summed E-state index contributed by atoms with van der Waals surface area (Å²) in [6.45, 7) is 6.99. The van der Waals surface area contributed by atoms with Gasteiger partial charge in [0.2, 0.25) is 0 Å². The van der Waals surface area contributed by atoms with Crippen molar-refractivity contribution < 1.29 is 18.4 Å². The molecule has 2 amide bonds. The van der Waals surface area contributed by atoms with Crippen LogP contribution in [0.2, 0.25) is 0 Å². The Labute approximate surface area is 169 Å². The summed E-state index contributed by atoms with van der Waals surface area (Å²) in [4.78, 5) is 28.2. The van der Waals surface area contributed by atoms with Crippen LogP contribution in [-0.2, 0) is 9.59 Å². The summed E-state index contributed by atoms with van der Waals surface area (Å²) < 4.78 is 18.7. The lowest BCUT2D eigenvalue weighted by atomic mass is 10.1. The predicted molar refractivity (Wildman–Crippen MR) is 108 cm³/mol. The van der Waals surface area contributed by atoms with Gasteiger partial charge in [-0.2, -0.15) is 0 Å². The van der Waals surface area contributed by atoms with E-state index >= 15 is 0 Å². The predicted octanol–water partition coefficient (Wildman–Crippen LogP) is 1.70. The lowest BCUT2D eigenvalue weighted by molar-refractivity contribution is -0.139. The molecule has 0 radical (unpaired) electrons. The van der Waals surface area contributed by atoms with Gasteiger partial charge in [-0.3, -0.25) is 14.5 Å². The van der Waals surface area contributed by atoms with E-state index in [2.05, 4.69) is 27.0 Å². The molecule has 0 aliphatic carbocycles. The van der Waals surface area contributed by atoms with Crippen molar-refractivity contribution in [3.63, 3.8) is 0 Å². The molecule has 2 aromatic rings. The number of halogens is 1. The Morgan fingerprint density at radius 1 is 1.10 bits per heavy atom. The molecule has 0 saturated carbocycles. The van der Waals surface area contributed by atoms with Crippen LogP contribution in [0.15, 0.2) is 59.7 Å². The van der Waals surface area contributed by atoms with Gasteiger partial charge in [-0.05, 0) is 36.4 Å². The van der Waals surface area contributed by atoms with Gasteiger partial charge >= 0.3 is 11.8 Å². The van der Waals surface area contributed by atoms with Crippen molar-refractivity contribution in [2.24, 2.45) is 0 Å². The summed E-state index contributed by atoms with van der Waals surface area (Å²) in [5.41, 5.74) is 0.979. The van der Waals surface area contributed by atoms with E-state index in [1.165, 1.54) is 18.2 Å². The smallest absolute Gasteiger partial charge is 0.309 e. The van der Waals surface area contributed by atoms with Crippen LogP contribution < -0.4 is 15.5 Å². The van der Waals surface area contributed by atoms with Gasteiger partial charge in [-0.25, -0.2) is 4.39 Å². The number of amides is 2. The Morgan fingerprint density at radius 3 is 2.41 bits per heavy atom. The highest BCUT2D eigenvalue weighted by molar-refractivity contribution is 6.35. The molecule has 2 N–H and O–H groups in total. The molecule has 154 valence electrons. The average molecular weight is 400 g/mol. The van der Waals surface area contributed by atoms with Gasteiger partial charge in [0, 0.05) is 45.0 Å². The SMILES string of the molecule is C=CCNC(=O)C(=O)NC[C@@H](c1ccco1)N1CCN(c2ccc(F)cc2)CC1. The van der Waals surface area contributed by atoms with Crippen molar-refractivity contribution in [1.82, 2.24) is 15.5 Å². The molecular weight excluding hydrogens is 375 g/mol. The summed E-state index contributed by atoms with van der Waals surface area (Å²) in [5.74, 6) is -0.900. The molecule has 8 heteroatoms. The van der Waals surface area contributed by atoms with Crippen molar-refractivity contribution in [3.8, 4) is 0 Å². The highest BCUT2D eigenvalue weighted by Crippen LogP contribution is 2.24. The summed E-state index contributed by atoms with van der Waals surface area (Å²) in [6, 6.07) is 9.95. The maximum Gasteiger partial charge on any atom is 0.309 e. The average Bonchev–Trinajstić information content (AvgIpc) is 3.27. The third kappa shape index (κ3) is 5.45. The van der Waals surface area contributed by atoms with Crippen LogP contribution in [0.25, 0.3) is 0 Å². The minimum atomic E-state index is -0.691. The second-order valence-electron chi connectivity index (χ2n) is 6.74. The third-order valence-corrected chi connectivity index (χ3v) is 4.89. The van der Waals surface area contributed by atoms with Crippen molar-refractivity contribution in [1.29, 1.82) is 0 Å². The van der Waals surface area contributed by atoms with E-state index < -0.39 is 11.8 Å². The Bertz CT molecular complexity index is 815. The summed E-state index contributed by atoms with van der Waals surface area (Å²) in [7, 11) is 0. The molecule has 3 rings (SSSR count). The second kappa shape index (κ2) is 9.88. The number of carbonyl (C=O) groups is 2. The van der Waals surface area contributed by atoms with E-state index in [-0.39, 0.29) is 24.9 Å². The first-order valence-electron chi connectivity index (χ1n) is 9.53. The first-order valence-corrected chi connectivity index (χ1v) is 9.53. The van der Waals surface area contributed by atoms with Gasteiger partial charge in [-0.1, -0.05) is 6.08 Å². The summed E-state index contributed by atoms with van der Waals surface area (Å²) >= 11 is 0. The molecule has 1 fully saturated rings. The third-order valence-electron chi connectivity index (χ3n) is 4.89. The molecule has 1 saturated heterocycles. The Kier molecular flexibility index (Phi) is 7.02. The van der Waals surface area contributed by atoms with Crippen LogP contribution in [0, 0.1) is 5.82 Å². The molecule has 1 aromatic heterocycles. The van der Waals surface area contributed by atoms with Crippen molar-refractivity contribution in [2.75, 3.05) is 44.2 Å². The number of hydrogen-bond acceptors (Lipinski definition) is 5. The zero-order valence-electron chi connectivity index (χ0n) is 16.1. The van der Waals surface area contributed by atoms with E-state index in [0.29, 0.717) is 0 Å². The molecule has 0 spiro atoms. The standard InChI is InChI=1S/C21H25FN4O3/c1-2-9-23-20(27)21(28)24-15-18(19-4-3-14-29-19)26-12-10-25(11-13-26)17-7-5-16(22)6-8-17/h2-8,14,18H,1,9-13,15H2,(H,23,27)(H,24,28)/t18-/m0/s1. The maximum absolute atomic E-state index is 13.1. The van der Waals surface area contributed by atoms with Crippen LogP contribution in [0.3, 0.4) is 0 Å². The fourth-order valence-corrected chi connectivity index (χ4v) is 3.35. The Hall–Kier alpha value is -3.13. The molecule has 2 heterocycles. The minimum absolute atomic E-state index is 0.184. The topological polar surface area (TPSA) is 77.8 Å². The van der Waals surface area contributed by atoms with Gasteiger partial charge < -0.3 is 20.0 Å². The molecule has 0 unspecified atom stereocenters. The first kappa shape index (κ1) is 20.6. The number of nitrogens with one attached hydrogen (secondary N) is 2. The number of carbonyl (C=O) groups excluding carboxylic acids is 2. The van der Waals surface area contributed by atoms with Gasteiger partial charge in [0.05, 0.1) is 12.3 Å². The van der Waals surface area contributed by atoms with Crippen LogP contribution in [-0.4, -0.2) is 56.0 Å². The Morgan fingerprint density at radius 2 is 1.79 bits per heavy atom. The van der Waals surface area contributed by atoms with Crippen LogP contribution in [0.4, 0.5) is 10.1 Å². The maximum atomic E-state index is 13.1. The first-order chi connectivity index (χ1) is 14.1. The van der Waals surface area contributed by atoms with Crippen LogP contribution >= 0.6 is 0 Å². The van der Waals surface area contributed by atoms with Crippen LogP contribution in [0.1, 0.15) is 11.8 Å². The normalized spacial score (nSPS) is 15.6. The molecule has 1 aliphatic heterocycles. The van der Waals surface area contributed by atoms with Gasteiger partial charge in [-0.15, -0.1) is 6.58 Å². The molecule has 29 heavy (non-hydrogen) atoms. The van der Waals surface area contributed by atoms with E-state index in [1.807, 2.05) is 6.07 Å². The second-order valence-corrected chi connectivity index (χ2v) is 6.74. The van der Waals surface area contributed by atoms with Gasteiger partial charge in [0.25, 0.3) is 0 Å². The highest BCUT2D eigenvalue weighted by Gasteiger charge is 2.28. The zero-order chi connectivity index (χ0) is 20.6. The summed E-state index contributed by atoms with van der Waals surface area (Å²) in [5, 5.41) is 5.14. The lowest BCUT2D eigenvalue weighted by Crippen LogP contribution is -2.50. The van der Waals surface area contributed by atoms with Crippen molar-refractivity contribution >= 4 is 17.5 Å². The number of furan rings is 1. The fourth-order valence-electron chi connectivity index (χ4n) is 3.35. The monoisotopic (exact) mass is 400 g/mol. The lowest BCUT2D eigenvalue weighted by Gasteiger charge is -2.39. The summed E-state index contributed by atoms with van der Waals surface area (Å²) in [6.07, 6.45) is 3.10. The van der Waals surface area contributed by atoms with E-state index in [1.54, 1.807) is 24.5 Å². The van der Waals surface area contributed by atoms with Crippen LogP contribution in [0.5, 0.6) is 0 Å². The number of nitrogens with zero attached hydrogens (tertiary/aromatic N) is 2. The number of anilines is 1. The number of rotatable bonds is 7. The van der Waals surface area contributed by atoms with E-state index in [4.69, 9.17) is 4.42 Å². The van der Waals surface area contributed by atoms with Crippen molar-refractivity contribution in [3.05, 3.63) is 66.9 Å². The quantitative estimate of drug-likeness (QED) is 0.547.